The van der Waals surface area contributed by atoms with Gasteiger partial charge in [-0.05, 0) is 43.7 Å². The number of benzene rings is 2. The summed E-state index contributed by atoms with van der Waals surface area (Å²) in [6.07, 6.45) is -0.684. The largest absolute Gasteiger partial charge is 0.481 e. The summed E-state index contributed by atoms with van der Waals surface area (Å²) in [5.74, 6) is 1.57. The number of hydrogen-bond donors (Lipinski definition) is 1. The van der Waals surface area contributed by atoms with Crippen molar-refractivity contribution in [1.29, 1.82) is 0 Å². The summed E-state index contributed by atoms with van der Waals surface area (Å²) in [4.78, 5) is 23.6. The molecule has 1 atom stereocenters. The molecule has 1 amide bonds. The van der Waals surface area contributed by atoms with Crippen molar-refractivity contribution in [3.63, 3.8) is 0 Å². The summed E-state index contributed by atoms with van der Waals surface area (Å²) in [5, 5.41) is 2.82. The van der Waals surface area contributed by atoms with Crippen molar-refractivity contribution in [2.45, 2.75) is 26.5 Å². The fourth-order valence-electron chi connectivity index (χ4n) is 2.43. The van der Waals surface area contributed by atoms with Gasteiger partial charge in [0.1, 0.15) is 5.75 Å². The zero-order valence-corrected chi connectivity index (χ0v) is 14.1. The summed E-state index contributed by atoms with van der Waals surface area (Å²) < 4.78 is 16.2. The van der Waals surface area contributed by atoms with Crippen LogP contribution in [-0.4, -0.2) is 24.6 Å². The van der Waals surface area contributed by atoms with Crippen LogP contribution in [0.2, 0.25) is 0 Å². The van der Waals surface area contributed by atoms with Crippen molar-refractivity contribution in [3.8, 4) is 17.2 Å². The predicted octanol–water partition coefficient (Wildman–Crippen LogP) is 2.70. The van der Waals surface area contributed by atoms with E-state index in [0.717, 1.165) is 5.56 Å². The van der Waals surface area contributed by atoms with Crippen molar-refractivity contribution < 1.29 is 23.8 Å². The van der Waals surface area contributed by atoms with E-state index in [0.29, 0.717) is 29.4 Å². The monoisotopic (exact) mass is 341 g/mol. The first-order valence-electron chi connectivity index (χ1n) is 7.97. The van der Waals surface area contributed by atoms with Gasteiger partial charge in [0.15, 0.2) is 23.4 Å². The lowest BCUT2D eigenvalue weighted by Gasteiger charge is -2.15. The van der Waals surface area contributed by atoms with E-state index in [2.05, 4.69) is 5.32 Å². The lowest BCUT2D eigenvalue weighted by Crippen LogP contribution is -2.35. The molecular weight excluding hydrogens is 322 g/mol. The molecule has 6 nitrogen and oxygen atoms in total. The third-order valence-electron chi connectivity index (χ3n) is 3.83. The van der Waals surface area contributed by atoms with E-state index in [1.165, 1.54) is 6.92 Å². The normalized spacial score (nSPS) is 13.2. The van der Waals surface area contributed by atoms with Crippen molar-refractivity contribution in [1.82, 2.24) is 5.32 Å². The second kappa shape index (κ2) is 7.25. The Labute approximate surface area is 145 Å². The molecule has 25 heavy (non-hydrogen) atoms. The SMILES string of the molecule is CC(=O)c1cccc(O[C@@H](C)C(=O)NCc2ccc3c(c2)OCO3)c1. The Morgan fingerprint density at radius 2 is 1.96 bits per heavy atom. The van der Waals surface area contributed by atoms with Gasteiger partial charge in [-0.1, -0.05) is 18.2 Å². The highest BCUT2D eigenvalue weighted by atomic mass is 16.7. The quantitative estimate of drug-likeness (QED) is 0.818. The molecule has 0 saturated carbocycles. The number of fused-ring (bicyclic) bond motifs is 1. The molecule has 0 saturated heterocycles. The van der Waals surface area contributed by atoms with Crippen LogP contribution >= 0.6 is 0 Å². The standard InChI is InChI=1S/C19H19NO5/c1-12(21)15-4-3-5-16(9-15)25-13(2)19(22)20-10-14-6-7-17-18(8-14)24-11-23-17/h3-9,13H,10-11H2,1-2H3,(H,20,22)/t13-/m0/s1. The molecule has 0 spiro atoms. The molecule has 2 aromatic rings. The lowest BCUT2D eigenvalue weighted by atomic mass is 10.1. The number of amides is 1. The number of nitrogens with one attached hydrogen (secondary N) is 1. The zero-order chi connectivity index (χ0) is 17.8. The second-order valence-corrected chi connectivity index (χ2v) is 5.75. The van der Waals surface area contributed by atoms with Crippen LogP contribution in [-0.2, 0) is 11.3 Å². The van der Waals surface area contributed by atoms with Gasteiger partial charge in [-0.2, -0.15) is 0 Å². The molecule has 1 aliphatic heterocycles. The zero-order valence-electron chi connectivity index (χ0n) is 14.1. The van der Waals surface area contributed by atoms with Crippen LogP contribution in [0.5, 0.6) is 17.2 Å². The van der Waals surface area contributed by atoms with E-state index in [4.69, 9.17) is 14.2 Å². The van der Waals surface area contributed by atoms with Crippen molar-refractivity contribution in [3.05, 3.63) is 53.6 Å². The molecule has 0 radical (unpaired) electrons. The molecule has 6 heteroatoms. The number of rotatable bonds is 6. The maximum atomic E-state index is 12.2. The molecule has 130 valence electrons. The number of ketones is 1. The van der Waals surface area contributed by atoms with Gasteiger partial charge in [0.25, 0.3) is 5.91 Å². The van der Waals surface area contributed by atoms with Gasteiger partial charge in [0.05, 0.1) is 0 Å². The Hall–Kier alpha value is -3.02. The van der Waals surface area contributed by atoms with E-state index in [1.807, 2.05) is 18.2 Å². The Bertz CT molecular complexity index is 802. The summed E-state index contributed by atoms with van der Waals surface area (Å²) in [6, 6.07) is 12.3. The molecule has 0 bridgehead atoms. The van der Waals surface area contributed by atoms with Crippen LogP contribution in [0, 0.1) is 0 Å². The first-order chi connectivity index (χ1) is 12.0. The number of hydrogen-bond acceptors (Lipinski definition) is 5. The summed E-state index contributed by atoms with van der Waals surface area (Å²) >= 11 is 0. The Morgan fingerprint density at radius 1 is 1.16 bits per heavy atom. The van der Waals surface area contributed by atoms with Crippen LogP contribution in [0.3, 0.4) is 0 Å². The highest BCUT2D eigenvalue weighted by Crippen LogP contribution is 2.32. The first kappa shape index (κ1) is 16.8. The molecule has 3 rings (SSSR count). The van der Waals surface area contributed by atoms with Gasteiger partial charge in [0.2, 0.25) is 6.79 Å². The highest BCUT2D eigenvalue weighted by molar-refractivity contribution is 5.94. The van der Waals surface area contributed by atoms with Gasteiger partial charge in [-0.15, -0.1) is 0 Å². The minimum Gasteiger partial charge on any atom is -0.481 e. The average Bonchev–Trinajstić information content (AvgIpc) is 3.07. The van der Waals surface area contributed by atoms with E-state index < -0.39 is 6.10 Å². The molecular formula is C19H19NO5. The van der Waals surface area contributed by atoms with Crippen molar-refractivity contribution in [2.75, 3.05) is 6.79 Å². The first-order valence-corrected chi connectivity index (χ1v) is 7.97. The molecule has 0 aromatic heterocycles. The molecule has 1 heterocycles. The predicted molar refractivity (Wildman–Crippen MR) is 90.9 cm³/mol. The molecule has 1 aliphatic rings. The van der Waals surface area contributed by atoms with E-state index in [9.17, 15) is 9.59 Å². The van der Waals surface area contributed by atoms with E-state index in [1.54, 1.807) is 31.2 Å². The number of ether oxygens (including phenoxy) is 3. The number of carbonyl (C=O) groups excluding carboxylic acids is 2. The van der Waals surface area contributed by atoms with Crippen LogP contribution < -0.4 is 19.5 Å². The maximum absolute atomic E-state index is 12.2. The fraction of sp³-hybridized carbons (Fsp3) is 0.263. The molecule has 0 fully saturated rings. The van der Waals surface area contributed by atoms with Crippen LogP contribution in [0.4, 0.5) is 0 Å². The third-order valence-corrected chi connectivity index (χ3v) is 3.83. The Morgan fingerprint density at radius 3 is 2.76 bits per heavy atom. The van der Waals surface area contributed by atoms with Gasteiger partial charge in [-0.25, -0.2) is 0 Å². The van der Waals surface area contributed by atoms with Gasteiger partial charge in [0, 0.05) is 12.1 Å². The third kappa shape index (κ3) is 4.09. The Balaban J connectivity index is 1.56. The minimum atomic E-state index is -0.684. The molecule has 1 N–H and O–H groups in total. The van der Waals surface area contributed by atoms with Crippen LogP contribution in [0.25, 0.3) is 0 Å². The van der Waals surface area contributed by atoms with Gasteiger partial charge in [-0.3, -0.25) is 9.59 Å². The van der Waals surface area contributed by atoms with Crippen LogP contribution in [0.1, 0.15) is 29.8 Å². The fourth-order valence-corrected chi connectivity index (χ4v) is 2.43. The topological polar surface area (TPSA) is 73.9 Å². The molecule has 0 unspecified atom stereocenters. The average molecular weight is 341 g/mol. The van der Waals surface area contributed by atoms with E-state index in [-0.39, 0.29) is 18.5 Å². The van der Waals surface area contributed by atoms with Crippen LogP contribution in [0.15, 0.2) is 42.5 Å². The Kier molecular flexibility index (Phi) is 4.88. The molecule has 2 aromatic carbocycles. The molecule has 0 aliphatic carbocycles. The summed E-state index contributed by atoms with van der Waals surface area (Å²) in [7, 11) is 0. The minimum absolute atomic E-state index is 0.0506. The second-order valence-electron chi connectivity index (χ2n) is 5.75. The van der Waals surface area contributed by atoms with Gasteiger partial charge >= 0.3 is 0 Å². The summed E-state index contributed by atoms with van der Waals surface area (Å²) in [6.45, 7) is 3.72. The van der Waals surface area contributed by atoms with Gasteiger partial charge < -0.3 is 19.5 Å². The van der Waals surface area contributed by atoms with Crippen molar-refractivity contribution in [2.24, 2.45) is 0 Å². The summed E-state index contributed by atoms with van der Waals surface area (Å²) in [5.41, 5.74) is 1.45. The lowest BCUT2D eigenvalue weighted by molar-refractivity contribution is -0.127. The number of carbonyl (C=O) groups is 2. The highest BCUT2D eigenvalue weighted by Gasteiger charge is 2.16. The number of Topliss-reactive ketones (excluding diaryl/α,β-unsaturated/α-hetero) is 1. The van der Waals surface area contributed by atoms with Crippen molar-refractivity contribution >= 4 is 11.7 Å². The smallest absolute Gasteiger partial charge is 0.261 e. The van der Waals surface area contributed by atoms with E-state index >= 15 is 0 Å². The maximum Gasteiger partial charge on any atom is 0.261 e.